The van der Waals surface area contributed by atoms with Gasteiger partial charge >= 0.3 is 0 Å². The molecule has 16 heavy (non-hydrogen) atoms. The van der Waals surface area contributed by atoms with Crippen LogP contribution in [0.15, 0.2) is 12.4 Å². The van der Waals surface area contributed by atoms with Crippen LogP contribution in [0.4, 0.5) is 0 Å². The average molecular weight is 244 g/mol. The maximum absolute atomic E-state index is 5.34. The summed E-state index contributed by atoms with van der Waals surface area (Å²) in [5.41, 5.74) is 0. The lowest BCUT2D eigenvalue weighted by molar-refractivity contribution is 0.135. The van der Waals surface area contributed by atoms with E-state index in [1.54, 1.807) is 0 Å². The molecule has 0 bridgehead atoms. The first kappa shape index (κ1) is 13.4. The van der Waals surface area contributed by atoms with Gasteiger partial charge in [0.15, 0.2) is 4.77 Å². The van der Waals surface area contributed by atoms with Gasteiger partial charge in [-0.15, -0.1) is 0 Å². The van der Waals surface area contributed by atoms with Crippen LogP contribution in [0.5, 0.6) is 0 Å². The first-order chi connectivity index (χ1) is 7.79. The molecule has 0 spiro atoms. The molecule has 1 heterocycles. The number of ether oxygens (including phenoxy) is 2. The van der Waals surface area contributed by atoms with Crippen molar-refractivity contribution in [2.75, 3.05) is 26.4 Å². The molecule has 4 nitrogen and oxygen atoms in total. The van der Waals surface area contributed by atoms with Gasteiger partial charge in [0.1, 0.15) is 0 Å². The van der Waals surface area contributed by atoms with Crippen molar-refractivity contribution in [2.45, 2.75) is 26.9 Å². The molecule has 5 heteroatoms. The number of hydrogen-bond donors (Lipinski definition) is 0. The van der Waals surface area contributed by atoms with Crippen LogP contribution < -0.4 is 0 Å². The second-order valence-electron chi connectivity index (χ2n) is 3.36. The Morgan fingerprint density at radius 2 is 1.44 bits per heavy atom. The highest BCUT2D eigenvalue weighted by molar-refractivity contribution is 7.71. The van der Waals surface area contributed by atoms with Crippen molar-refractivity contribution in [3.63, 3.8) is 0 Å². The fourth-order valence-corrected chi connectivity index (χ4v) is 1.71. The molecular formula is C11H20N2O2S. The fraction of sp³-hybridized carbons (Fsp3) is 0.727. The van der Waals surface area contributed by atoms with E-state index in [1.165, 1.54) is 0 Å². The minimum atomic E-state index is 0.709. The van der Waals surface area contributed by atoms with Crippen molar-refractivity contribution < 1.29 is 9.47 Å². The van der Waals surface area contributed by atoms with Crippen LogP contribution in [0, 0.1) is 4.77 Å². The van der Waals surface area contributed by atoms with E-state index in [-0.39, 0.29) is 0 Å². The van der Waals surface area contributed by atoms with Gasteiger partial charge < -0.3 is 18.6 Å². The fourth-order valence-electron chi connectivity index (χ4n) is 1.41. The summed E-state index contributed by atoms with van der Waals surface area (Å²) in [5, 5.41) is 0. The summed E-state index contributed by atoms with van der Waals surface area (Å²) in [6, 6.07) is 0. The van der Waals surface area contributed by atoms with E-state index >= 15 is 0 Å². The second-order valence-corrected chi connectivity index (χ2v) is 3.73. The van der Waals surface area contributed by atoms with Crippen LogP contribution in [0.25, 0.3) is 0 Å². The first-order valence-electron chi connectivity index (χ1n) is 5.70. The summed E-state index contributed by atoms with van der Waals surface area (Å²) in [5.74, 6) is 0. The molecule has 1 aromatic rings. The molecule has 92 valence electrons. The molecule has 1 aromatic heterocycles. The van der Waals surface area contributed by atoms with E-state index in [0.29, 0.717) is 13.2 Å². The van der Waals surface area contributed by atoms with E-state index in [4.69, 9.17) is 21.7 Å². The third-order valence-electron chi connectivity index (χ3n) is 2.28. The van der Waals surface area contributed by atoms with Crippen LogP contribution in [0.1, 0.15) is 13.8 Å². The van der Waals surface area contributed by atoms with E-state index in [2.05, 4.69) is 0 Å². The maximum atomic E-state index is 5.34. The molecule has 0 saturated heterocycles. The number of rotatable bonds is 8. The highest BCUT2D eigenvalue weighted by Gasteiger charge is 1.99. The van der Waals surface area contributed by atoms with Crippen LogP contribution in [0.3, 0.4) is 0 Å². The van der Waals surface area contributed by atoms with Crippen LogP contribution in [-0.2, 0) is 22.6 Å². The number of imidazole rings is 1. The van der Waals surface area contributed by atoms with Crippen LogP contribution in [-0.4, -0.2) is 35.6 Å². The molecule has 0 aliphatic rings. The van der Waals surface area contributed by atoms with E-state index in [9.17, 15) is 0 Å². The second kappa shape index (κ2) is 7.60. The monoisotopic (exact) mass is 244 g/mol. The minimum absolute atomic E-state index is 0.709. The van der Waals surface area contributed by atoms with Gasteiger partial charge in [-0.2, -0.15) is 0 Å². The Labute approximate surface area is 102 Å². The quantitative estimate of drug-likeness (QED) is 0.518. The Morgan fingerprint density at radius 1 is 1.00 bits per heavy atom. The van der Waals surface area contributed by atoms with Gasteiger partial charge in [-0.25, -0.2) is 0 Å². The molecule has 0 atom stereocenters. The van der Waals surface area contributed by atoms with Gasteiger partial charge in [0, 0.05) is 38.7 Å². The number of aromatic nitrogens is 2. The highest BCUT2D eigenvalue weighted by Crippen LogP contribution is 1.98. The molecule has 1 rings (SSSR count). The Balaban J connectivity index is 2.45. The smallest absolute Gasteiger partial charge is 0.179 e. The first-order valence-corrected chi connectivity index (χ1v) is 6.11. The van der Waals surface area contributed by atoms with Gasteiger partial charge in [0.2, 0.25) is 0 Å². The Morgan fingerprint density at radius 3 is 1.81 bits per heavy atom. The van der Waals surface area contributed by atoms with Crippen LogP contribution >= 0.6 is 12.2 Å². The SMILES string of the molecule is CCOCCn1ccn(CCOCC)c1=S. The standard InChI is InChI=1S/C11H20N2O2S/c1-3-14-9-7-12-5-6-13(11(12)16)8-10-15-4-2/h5-6H,3-4,7-10H2,1-2H3. The summed E-state index contributed by atoms with van der Waals surface area (Å²) in [6.07, 6.45) is 3.99. The van der Waals surface area contributed by atoms with E-state index in [1.807, 2.05) is 35.4 Å². The molecule has 0 aliphatic carbocycles. The van der Waals surface area contributed by atoms with Crippen molar-refractivity contribution in [3.05, 3.63) is 17.2 Å². The van der Waals surface area contributed by atoms with Crippen molar-refractivity contribution in [2.24, 2.45) is 0 Å². The normalized spacial score (nSPS) is 10.9. The zero-order chi connectivity index (χ0) is 11.8. The molecule has 0 aliphatic heterocycles. The molecule has 0 N–H and O–H groups in total. The number of hydrogen-bond acceptors (Lipinski definition) is 3. The predicted octanol–water partition coefficient (Wildman–Crippen LogP) is 2.09. The lowest BCUT2D eigenvalue weighted by atomic mass is 10.6. The minimum Gasteiger partial charge on any atom is -0.380 e. The van der Waals surface area contributed by atoms with Crippen molar-refractivity contribution >= 4 is 12.2 Å². The van der Waals surface area contributed by atoms with Crippen molar-refractivity contribution in [1.82, 2.24) is 9.13 Å². The molecule has 0 fully saturated rings. The summed E-state index contributed by atoms with van der Waals surface area (Å²) in [7, 11) is 0. The van der Waals surface area contributed by atoms with Gasteiger partial charge in [0.25, 0.3) is 0 Å². The van der Waals surface area contributed by atoms with E-state index < -0.39 is 0 Å². The van der Waals surface area contributed by atoms with Crippen LogP contribution in [0.2, 0.25) is 0 Å². The highest BCUT2D eigenvalue weighted by atomic mass is 32.1. The molecule has 0 radical (unpaired) electrons. The Kier molecular flexibility index (Phi) is 6.37. The topological polar surface area (TPSA) is 28.3 Å². The van der Waals surface area contributed by atoms with Gasteiger partial charge in [-0.05, 0) is 26.1 Å². The predicted molar refractivity (Wildman–Crippen MR) is 66.2 cm³/mol. The Hall–Kier alpha value is -0.650. The maximum Gasteiger partial charge on any atom is 0.179 e. The summed E-state index contributed by atoms with van der Waals surface area (Å²) in [6.45, 7) is 8.53. The van der Waals surface area contributed by atoms with E-state index in [0.717, 1.165) is 31.1 Å². The third-order valence-corrected chi connectivity index (χ3v) is 2.75. The molecular weight excluding hydrogens is 224 g/mol. The van der Waals surface area contributed by atoms with Crippen molar-refractivity contribution in [3.8, 4) is 0 Å². The van der Waals surface area contributed by atoms with Gasteiger partial charge in [-0.3, -0.25) is 0 Å². The lowest BCUT2D eigenvalue weighted by Gasteiger charge is -2.04. The Bertz CT molecular complexity index is 315. The van der Waals surface area contributed by atoms with Crippen molar-refractivity contribution in [1.29, 1.82) is 0 Å². The zero-order valence-electron chi connectivity index (χ0n) is 10.0. The summed E-state index contributed by atoms with van der Waals surface area (Å²) >= 11 is 5.34. The van der Waals surface area contributed by atoms with Gasteiger partial charge in [-0.1, -0.05) is 0 Å². The molecule has 0 unspecified atom stereocenters. The third kappa shape index (κ3) is 4.08. The lowest BCUT2D eigenvalue weighted by Crippen LogP contribution is -2.09. The number of nitrogens with zero attached hydrogens (tertiary/aromatic N) is 2. The largest absolute Gasteiger partial charge is 0.380 e. The summed E-state index contributed by atoms with van der Waals surface area (Å²) in [4.78, 5) is 0. The molecule has 0 aromatic carbocycles. The molecule has 0 amide bonds. The van der Waals surface area contributed by atoms with Gasteiger partial charge in [0.05, 0.1) is 13.2 Å². The summed E-state index contributed by atoms with van der Waals surface area (Å²) < 4.78 is 15.5. The zero-order valence-corrected chi connectivity index (χ0v) is 10.8. The molecule has 0 saturated carbocycles. The average Bonchev–Trinajstić information content (AvgIpc) is 2.62.